The number of rotatable bonds is 18. The molecule has 0 unspecified atom stereocenters. The maximum atomic E-state index is 12.9. The summed E-state index contributed by atoms with van der Waals surface area (Å²) < 4.78 is 0. The van der Waals surface area contributed by atoms with E-state index in [0.717, 1.165) is 31.5 Å². The van der Waals surface area contributed by atoms with Crippen molar-refractivity contribution < 1.29 is 4.79 Å². The summed E-state index contributed by atoms with van der Waals surface area (Å²) in [5.41, 5.74) is 1.43. The Labute approximate surface area is 185 Å². The lowest BCUT2D eigenvalue weighted by atomic mass is 10.1. The van der Waals surface area contributed by atoms with Crippen LogP contribution in [0.5, 0.6) is 0 Å². The van der Waals surface area contributed by atoms with Gasteiger partial charge in [-0.2, -0.15) is 0 Å². The van der Waals surface area contributed by atoms with Crippen LogP contribution in [-0.4, -0.2) is 12.5 Å². The van der Waals surface area contributed by atoms with Crippen molar-refractivity contribution in [1.29, 1.82) is 5.39 Å². The molecule has 0 aliphatic carbocycles. The molecule has 0 bridgehead atoms. The van der Waals surface area contributed by atoms with E-state index >= 15 is 0 Å². The van der Waals surface area contributed by atoms with E-state index in [2.05, 4.69) is 18.8 Å². The van der Waals surface area contributed by atoms with Gasteiger partial charge in [-0.25, -0.2) is 0 Å². The lowest BCUT2D eigenvalue weighted by Crippen LogP contribution is -2.31. The lowest BCUT2D eigenvalue weighted by molar-refractivity contribution is -0.118. The Morgan fingerprint density at radius 1 is 0.733 bits per heavy atom. The van der Waals surface area contributed by atoms with Crippen LogP contribution in [0.15, 0.2) is 24.3 Å². The minimum absolute atomic E-state index is 0.222. The van der Waals surface area contributed by atoms with Crippen LogP contribution >= 0.6 is 0 Å². The van der Waals surface area contributed by atoms with E-state index in [4.69, 9.17) is 5.39 Å². The molecule has 0 atom stereocenters. The molecule has 0 aliphatic heterocycles. The minimum atomic E-state index is 0.222. The highest BCUT2D eigenvalue weighted by molar-refractivity contribution is 5.93. The Morgan fingerprint density at radius 3 is 1.70 bits per heavy atom. The zero-order chi connectivity index (χ0) is 21.9. The Bertz CT molecular complexity index is 591. The summed E-state index contributed by atoms with van der Waals surface area (Å²) in [7, 11) is 0. The molecule has 1 rings (SSSR count). The second kappa shape index (κ2) is 17.9. The number of hydrogen-bond donors (Lipinski definition) is 0. The Hall–Kier alpha value is -1.89. The molecular weight excluding hydrogens is 370 g/mol. The second-order valence-electron chi connectivity index (χ2n) is 8.51. The number of benzene rings is 1. The molecule has 0 saturated carbocycles. The summed E-state index contributed by atoms with van der Waals surface area (Å²) in [5.74, 6) is 0.222. The van der Waals surface area contributed by atoms with E-state index in [1.54, 1.807) is 12.1 Å². The molecule has 1 aromatic rings. The number of unbranched alkanes of at least 4 members (excludes halogenated alkanes) is 13. The first kappa shape index (κ1) is 26.1. The summed E-state index contributed by atoms with van der Waals surface area (Å²) in [5, 5.41) is 8.91. The molecule has 0 N–H and O–H groups in total. The molecule has 4 heteroatoms. The molecule has 0 saturated heterocycles. The first-order chi connectivity index (χ1) is 14.7. The number of carbonyl (C=O) groups is 1. The third-order valence-corrected chi connectivity index (χ3v) is 5.81. The van der Waals surface area contributed by atoms with Crippen LogP contribution in [0, 0.1) is 5.39 Å². The number of nitrogens with zero attached hydrogens (tertiary/aromatic N) is 3. The zero-order valence-corrected chi connectivity index (χ0v) is 19.6. The van der Waals surface area contributed by atoms with Gasteiger partial charge in [-0.15, -0.1) is 0 Å². The second-order valence-corrected chi connectivity index (χ2v) is 8.51. The number of hydrogen-bond acceptors (Lipinski definition) is 2. The van der Waals surface area contributed by atoms with E-state index in [9.17, 15) is 4.79 Å². The van der Waals surface area contributed by atoms with Crippen LogP contribution in [0.1, 0.15) is 117 Å². The van der Waals surface area contributed by atoms with Crippen molar-refractivity contribution in [3.05, 3.63) is 29.2 Å². The van der Waals surface area contributed by atoms with Crippen LogP contribution in [0.25, 0.3) is 4.98 Å². The summed E-state index contributed by atoms with van der Waals surface area (Å²) in [6.45, 7) is 5.26. The third-order valence-electron chi connectivity index (χ3n) is 5.81. The zero-order valence-electron chi connectivity index (χ0n) is 19.6. The average molecular weight is 415 g/mol. The summed E-state index contributed by atoms with van der Waals surface area (Å²) in [4.78, 5) is 18.1. The Morgan fingerprint density at radius 2 is 1.20 bits per heavy atom. The van der Waals surface area contributed by atoms with Gasteiger partial charge in [0.25, 0.3) is 0 Å². The largest absolute Gasteiger partial charge is 0.385 e. The maximum Gasteiger partial charge on any atom is 0.385 e. The van der Waals surface area contributed by atoms with E-state index < -0.39 is 0 Å². The predicted molar refractivity (Wildman–Crippen MR) is 129 cm³/mol. The van der Waals surface area contributed by atoms with E-state index in [1.807, 2.05) is 17.0 Å². The molecule has 0 aromatic heterocycles. The van der Waals surface area contributed by atoms with Crippen LogP contribution in [0.3, 0.4) is 0 Å². The van der Waals surface area contributed by atoms with Crippen molar-refractivity contribution >= 4 is 17.3 Å². The van der Waals surface area contributed by atoms with E-state index in [-0.39, 0.29) is 5.91 Å². The van der Waals surface area contributed by atoms with Gasteiger partial charge in [0.15, 0.2) is 4.98 Å². The van der Waals surface area contributed by atoms with Crippen LogP contribution in [0.2, 0.25) is 0 Å². The minimum Gasteiger partial charge on any atom is -0.312 e. The highest BCUT2D eigenvalue weighted by atomic mass is 16.2. The third kappa shape index (κ3) is 12.0. The van der Waals surface area contributed by atoms with Crippen molar-refractivity contribution in [3.8, 4) is 0 Å². The number of carbonyl (C=O) groups excluding carboxylic acids is 1. The molecule has 0 aliphatic rings. The number of diazo groups is 1. The molecule has 168 valence electrons. The quantitative estimate of drug-likeness (QED) is 0.178. The monoisotopic (exact) mass is 414 g/mol. The van der Waals surface area contributed by atoms with Crippen molar-refractivity contribution in [1.82, 2.24) is 0 Å². The highest BCUT2D eigenvalue weighted by Gasteiger charge is 2.16. The van der Waals surface area contributed by atoms with Crippen molar-refractivity contribution in [2.45, 2.75) is 117 Å². The summed E-state index contributed by atoms with van der Waals surface area (Å²) in [6.07, 6.45) is 19.3. The average Bonchev–Trinajstić information content (AvgIpc) is 2.77. The van der Waals surface area contributed by atoms with Crippen LogP contribution < -0.4 is 4.90 Å². The first-order valence-corrected chi connectivity index (χ1v) is 12.5. The molecule has 0 spiro atoms. The Balaban J connectivity index is 2.40. The smallest absolute Gasteiger partial charge is 0.312 e. The van der Waals surface area contributed by atoms with Crippen molar-refractivity contribution in [2.75, 3.05) is 11.4 Å². The molecule has 30 heavy (non-hydrogen) atoms. The molecule has 0 radical (unpaired) electrons. The van der Waals surface area contributed by atoms with E-state index in [0.29, 0.717) is 12.1 Å². The van der Waals surface area contributed by atoms with Gasteiger partial charge < -0.3 is 4.90 Å². The summed E-state index contributed by atoms with van der Waals surface area (Å²) in [6, 6.07) is 7.30. The fourth-order valence-corrected chi connectivity index (χ4v) is 3.87. The topological polar surface area (TPSA) is 48.5 Å². The standard InChI is InChI=1S/C26H44N3O/c1-3-5-7-9-11-12-13-14-16-18-26(30)29(23-17-15-10-8-6-4-2)25-21-19-24(28-27)20-22-25/h19-22H,3-18,23H2,1-2H3/q+1. The molecule has 1 amide bonds. The van der Waals surface area contributed by atoms with Crippen LogP contribution in [0.4, 0.5) is 11.4 Å². The molecular formula is C26H44N3O+. The van der Waals surface area contributed by atoms with Gasteiger partial charge in [-0.05, 0) is 25.0 Å². The maximum absolute atomic E-state index is 12.9. The first-order valence-electron chi connectivity index (χ1n) is 12.5. The summed E-state index contributed by atoms with van der Waals surface area (Å²) >= 11 is 0. The van der Waals surface area contributed by atoms with Gasteiger partial charge in [0.05, 0.1) is 0 Å². The molecule has 0 fully saturated rings. The Kier molecular flexibility index (Phi) is 15.6. The lowest BCUT2D eigenvalue weighted by Gasteiger charge is -2.23. The van der Waals surface area contributed by atoms with Gasteiger partial charge >= 0.3 is 5.69 Å². The van der Waals surface area contributed by atoms with Gasteiger partial charge in [-0.1, -0.05) is 97.3 Å². The highest BCUT2D eigenvalue weighted by Crippen LogP contribution is 2.22. The van der Waals surface area contributed by atoms with Gasteiger partial charge in [0, 0.05) is 30.8 Å². The number of anilines is 1. The van der Waals surface area contributed by atoms with Gasteiger partial charge in [0.2, 0.25) is 11.3 Å². The normalized spacial score (nSPS) is 10.7. The van der Waals surface area contributed by atoms with Gasteiger partial charge in [0.1, 0.15) is 0 Å². The van der Waals surface area contributed by atoms with Crippen molar-refractivity contribution in [3.63, 3.8) is 0 Å². The predicted octanol–water partition coefficient (Wildman–Crippen LogP) is 8.79. The van der Waals surface area contributed by atoms with E-state index in [1.165, 1.54) is 77.0 Å². The SMILES string of the molecule is CCCCCCCCCCCC(=O)N(CCCCCCCC)c1ccc([N+]#N)cc1. The molecule has 4 nitrogen and oxygen atoms in total. The van der Waals surface area contributed by atoms with Crippen molar-refractivity contribution in [2.24, 2.45) is 0 Å². The molecule has 1 aromatic carbocycles. The van der Waals surface area contributed by atoms with Crippen LogP contribution in [-0.2, 0) is 4.79 Å². The number of amides is 1. The molecule has 0 heterocycles. The fourth-order valence-electron chi connectivity index (χ4n) is 3.87. The van der Waals surface area contributed by atoms with Gasteiger partial charge in [-0.3, -0.25) is 4.79 Å². The fraction of sp³-hybridized carbons (Fsp3) is 0.731.